The van der Waals surface area contributed by atoms with Gasteiger partial charge in [0.15, 0.2) is 4.77 Å². The number of aromatic nitrogens is 2. The predicted octanol–water partition coefficient (Wildman–Crippen LogP) is 5.41. The summed E-state index contributed by atoms with van der Waals surface area (Å²) in [5.41, 5.74) is 4.23. The van der Waals surface area contributed by atoms with Gasteiger partial charge in [0.25, 0.3) is 0 Å². The third-order valence-corrected chi connectivity index (χ3v) is 4.52. The van der Waals surface area contributed by atoms with E-state index in [9.17, 15) is 0 Å². The molecule has 0 aliphatic carbocycles. The zero-order valence-corrected chi connectivity index (χ0v) is 13.2. The molecule has 0 spiro atoms. The number of benzene rings is 2. The van der Waals surface area contributed by atoms with Crippen LogP contribution in [0.15, 0.2) is 40.9 Å². The van der Waals surface area contributed by atoms with Crippen molar-refractivity contribution >= 4 is 50.8 Å². The largest absolute Gasteiger partial charge is 0.330 e. The molecule has 2 aromatic carbocycles. The third kappa shape index (κ3) is 2.24. The van der Waals surface area contributed by atoms with E-state index in [2.05, 4.69) is 46.0 Å². The molecule has 0 saturated carbocycles. The molecule has 5 heteroatoms. The number of imidazole rings is 1. The molecule has 19 heavy (non-hydrogen) atoms. The lowest BCUT2D eigenvalue weighted by Crippen LogP contribution is -1.93. The molecule has 3 rings (SSSR count). The summed E-state index contributed by atoms with van der Waals surface area (Å²) < 4.78 is 3.53. The molecule has 0 unspecified atom stereocenters. The van der Waals surface area contributed by atoms with Crippen LogP contribution in [0.3, 0.4) is 0 Å². The van der Waals surface area contributed by atoms with Crippen molar-refractivity contribution in [3.05, 3.63) is 56.2 Å². The van der Waals surface area contributed by atoms with Gasteiger partial charge in [0.05, 0.1) is 16.1 Å². The first-order chi connectivity index (χ1) is 9.06. The zero-order chi connectivity index (χ0) is 13.6. The van der Waals surface area contributed by atoms with Crippen molar-refractivity contribution in [2.24, 2.45) is 0 Å². The minimum absolute atomic E-state index is 0.666. The van der Waals surface area contributed by atoms with Gasteiger partial charge in [0.2, 0.25) is 0 Å². The maximum absolute atomic E-state index is 6.16. The van der Waals surface area contributed by atoms with Crippen molar-refractivity contribution in [3.63, 3.8) is 0 Å². The molecule has 0 radical (unpaired) electrons. The second kappa shape index (κ2) is 4.78. The van der Waals surface area contributed by atoms with Crippen LogP contribution in [0.2, 0.25) is 5.02 Å². The van der Waals surface area contributed by atoms with Gasteiger partial charge >= 0.3 is 0 Å². The molecular formula is C14H10BrClN2S. The number of aromatic amines is 1. The number of halogens is 2. The van der Waals surface area contributed by atoms with Crippen LogP contribution in [0.5, 0.6) is 0 Å². The Morgan fingerprint density at radius 1 is 1.21 bits per heavy atom. The summed E-state index contributed by atoms with van der Waals surface area (Å²) in [5.74, 6) is 0. The molecule has 0 aliphatic heterocycles. The van der Waals surface area contributed by atoms with Gasteiger partial charge in [-0.1, -0.05) is 17.7 Å². The smallest absolute Gasteiger partial charge is 0.182 e. The molecule has 96 valence electrons. The summed E-state index contributed by atoms with van der Waals surface area (Å²) in [6.07, 6.45) is 0. The lowest BCUT2D eigenvalue weighted by molar-refractivity contribution is 1.06. The highest BCUT2D eigenvalue weighted by atomic mass is 79.9. The zero-order valence-electron chi connectivity index (χ0n) is 10.1. The SMILES string of the molecule is Cc1ccc2c(c1)[nH]c(=S)n2-c1ccc(Br)c(Cl)c1. The Hall–Kier alpha value is -1.10. The van der Waals surface area contributed by atoms with Crippen molar-refractivity contribution in [1.82, 2.24) is 9.55 Å². The Morgan fingerprint density at radius 2 is 2.00 bits per heavy atom. The summed E-state index contributed by atoms with van der Waals surface area (Å²) >= 11 is 15.0. The number of fused-ring (bicyclic) bond motifs is 1. The summed E-state index contributed by atoms with van der Waals surface area (Å²) in [6.45, 7) is 2.06. The first-order valence-corrected chi connectivity index (χ1v) is 7.31. The van der Waals surface area contributed by atoms with Gasteiger partial charge in [-0.15, -0.1) is 0 Å². The Morgan fingerprint density at radius 3 is 2.74 bits per heavy atom. The maximum atomic E-state index is 6.16. The highest BCUT2D eigenvalue weighted by Crippen LogP contribution is 2.27. The van der Waals surface area contributed by atoms with E-state index < -0.39 is 0 Å². The van der Waals surface area contributed by atoms with E-state index in [4.69, 9.17) is 23.8 Å². The lowest BCUT2D eigenvalue weighted by Gasteiger charge is -2.06. The van der Waals surface area contributed by atoms with E-state index >= 15 is 0 Å². The van der Waals surface area contributed by atoms with Crippen molar-refractivity contribution in [3.8, 4) is 5.69 Å². The number of hydrogen-bond donors (Lipinski definition) is 1. The molecule has 0 saturated heterocycles. The summed E-state index contributed by atoms with van der Waals surface area (Å²) in [7, 11) is 0. The number of aryl methyl sites for hydroxylation is 1. The van der Waals surface area contributed by atoms with Crippen LogP contribution in [0.1, 0.15) is 5.56 Å². The van der Waals surface area contributed by atoms with Crippen LogP contribution in [-0.2, 0) is 0 Å². The average Bonchev–Trinajstić information content (AvgIpc) is 2.68. The van der Waals surface area contributed by atoms with E-state index in [0.717, 1.165) is 21.2 Å². The second-order valence-electron chi connectivity index (χ2n) is 4.38. The molecule has 0 atom stereocenters. The fourth-order valence-electron chi connectivity index (χ4n) is 2.11. The number of H-pyrrole nitrogens is 1. The molecule has 1 heterocycles. The molecule has 3 aromatic rings. The van der Waals surface area contributed by atoms with Gasteiger partial charge in [-0.3, -0.25) is 4.57 Å². The topological polar surface area (TPSA) is 20.7 Å². The number of hydrogen-bond acceptors (Lipinski definition) is 1. The molecule has 0 aliphatic rings. The summed E-state index contributed by atoms with van der Waals surface area (Å²) in [6, 6.07) is 12.0. The normalized spacial score (nSPS) is 11.1. The van der Waals surface area contributed by atoms with E-state index in [0.29, 0.717) is 9.79 Å². The minimum atomic E-state index is 0.666. The number of nitrogens with one attached hydrogen (secondary N) is 1. The van der Waals surface area contributed by atoms with Crippen LogP contribution >= 0.6 is 39.7 Å². The standard InChI is InChI=1S/C14H10BrClN2S/c1-8-2-5-13-12(6-8)17-14(19)18(13)9-3-4-10(15)11(16)7-9/h2-7H,1H3,(H,17,19). The van der Waals surface area contributed by atoms with Gasteiger partial charge in [-0.25, -0.2) is 0 Å². The Labute approximate surface area is 129 Å². The van der Waals surface area contributed by atoms with E-state index in [1.54, 1.807) is 0 Å². The van der Waals surface area contributed by atoms with Crippen molar-refractivity contribution in [2.45, 2.75) is 6.92 Å². The fraction of sp³-hybridized carbons (Fsp3) is 0.0714. The van der Waals surface area contributed by atoms with Crippen molar-refractivity contribution in [1.29, 1.82) is 0 Å². The monoisotopic (exact) mass is 352 g/mol. The average molecular weight is 354 g/mol. The summed E-state index contributed by atoms with van der Waals surface area (Å²) in [4.78, 5) is 3.22. The lowest BCUT2D eigenvalue weighted by atomic mass is 10.2. The Balaban J connectivity index is 2.32. The first-order valence-electron chi connectivity index (χ1n) is 5.73. The predicted molar refractivity (Wildman–Crippen MR) is 85.9 cm³/mol. The highest BCUT2D eigenvalue weighted by molar-refractivity contribution is 9.10. The van der Waals surface area contributed by atoms with E-state index in [1.807, 2.05) is 22.8 Å². The Kier molecular flexibility index (Phi) is 3.25. The van der Waals surface area contributed by atoms with Gasteiger partial charge in [0, 0.05) is 10.2 Å². The molecular weight excluding hydrogens is 344 g/mol. The van der Waals surface area contributed by atoms with Gasteiger partial charge in [-0.05, 0) is 71.0 Å². The molecule has 0 bridgehead atoms. The molecule has 2 nitrogen and oxygen atoms in total. The second-order valence-corrected chi connectivity index (χ2v) is 6.03. The van der Waals surface area contributed by atoms with E-state index in [1.165, 1.54) is 5.56 Å². The number of rotatable bonds is 1. The molecule has 1 N–H and O–H groups in total. The van der Waals surface area contributed by atoms with Crippen molar-refractivity contribution < 1.29 is 0 Å². The Bertz CT molecular complexity index is 835. The van der Waals surface area contributed by atoms with Crippen molar-refractivity contribution in [2.75, 3.05) is 0 Å². The third-order valence-electron chi connectivity index (χ3n) is 3.00. The highest BCUT2D eigenvalue weighted by Gasteiger charge is 2.08. The van der Waals surface area contributed by atoms with Crippen LogP contribution < -0.4 is 0 Å². The first kappa shape index (κ1) is 12.9. The van der Waals surface area contributed by atoms with Gasteiger partial charge in [-0.2, -0.15) is 0 Å². The molecule has 0 amide bonds. The maximum Gasteiger partial charge on any atom is 0.182 e. The summed E-state index contributed by atoms with van der Waals surface area (Å²) in [5, 5.41) is 0.667. The van der Waals surface area contributed by atoms with Gasteiger partial charge in [0.1, 0.15) is 0 Å². The molecule has 0 fully saturated rings. The molecule has 1 aromatic heterocycles. The quantitative estimate of drug-likeness (QED) is 0.580. The van der Waals surface area contributed by atoms with Gasteiger partial charge < -0.3 is 4.98 Å². The van der Waals surface area contributed by atoms with Crippen LogP contribution in [-0.4, -0.2) is 9.55 Å². The van der Waals surface area contributed by atoms with Crippen LogP contribution in [0.4, 0.5) is 0 Å². The minimum Gasteiger partial charge on any atom is -0.330 e. The van der Waals surface area contributed by atoms with E-state index in [-0.39, 0.29) is 0 Å². The van der Waals surface area contributed by atoms with Crippen LogP contribution in [0.25, 0.3) is 16.7 Å². The number of nitrogens with zero attached hydrogens (tertiary/aromatic N) is 1. The fourth-order valence-corrected chi connectivity index (χ4v) is 2.84. The van der Waals surface area contributed by atoms with Crippen LogP contribution in [0, 0.1) is 11.7 Å².